The van der Waals surface area contributed by atoms with E-state index in [1.165, 1.54) is 37.3 Å². The van der Waals surface area contributed by atoms with E-state index in [2.05, 4.69) is 26.0 Å². The molecule has 0 heterocycles. The zero-order valence-corrected chi connectivity index (χ0v) is 18.3. The van der Waals surface area contributed by atoms with Gasteiger partial charge in [0.25, 0.3) is 5.69 Å². The number of esters is 1. The summed E-state index contributed by atoms with van der Waals surface area (Å²) in [5, 5.41) is 14.6. The zero-order chi connectivity index (χ0) is 22.5. The molecule has 1 atom stereocenters. The highest BCUT2D eigenvalue weighted by Crippen LogP contribution is 2.43. The summed E-state index contributed by atoms with van der Waals surface area (Å²) in [6, 6.07) is 8.23. The molecule has 0 saturated carbocycles. The van der Waals surface area contributed by atoms with Crippen LogP contribution in [0.25, 0.3) is 0 Å². The fourth-order valence-corrected chi connectivity index (χ4v) is 3.95. The van der Waals surface area contributed by atoms with E-state index in [4.69, 9.17) is 16.3 Å². The van der Waals surface area contributed by atoms with Gasteiger partial charge >= 0.3 is 12.6 Å². The molecule has 0 radical (unpaired) electrons. The number of rotatable bonds is 9. The molecule has 11 heteroatoms. The monoisotopic (exact) mass is 506 g/mol. The van der Waals surface area contributed by atoms with E-state index in [0.717, 1.165) is 0 Å². The lowest BCUT2D eigenvalue weighted by molar-refractivity contribution is -0.384. The van der Waals surface area contributed by atoms with Crippen molar-refractivity contribution >= 4 is 44.9 Å². The number of benzene rings is 2. The first-order valence-corrected chi connectivity index (χ1v) is 9.86. The number of nitro groups is 1. The van der Waals surface area contributed by atoms with Gasteiger partial charge in [0.15, 0.2) is 0 Å². The van der Waals surface area contributed by atoms with Gasteiger partial charge in [-0.05, 0) is 38.1 Å². The minimum absolute atomic E-state index is 0.00181. The van der Waals surface area contributed by atoms with Gasteiger partial charge in [-0.3, -0.25) is 14.9 Å². The Hall–Kier alpha value is -2.46. The third-order valence-electron chi connectivity index (χ3n) is 4.11. The summed E-state index contributed by atoms with van der Waals surface area (Å²) in [6.07, 6.45) is -0.341. The van der Waals surface area contributed by atoms with Crippen LogP contribution in [-0.4, -0.2) is 24.1 Å². The lowest BCUT2D eigenvalue weighted by atomic mass is 9.87. The second-order valence-corrected chi connectivity index (χ2v) is 7.64. The lowest BCUT2D eigenvalue weighted by Crippen LogP contribution is -2.36. The van der Waals surface area contributed by atoms with Gasteiger partial charge < -0.3 is 14.8 Å². The fourth-order valence-electron chi connectivity index (χ4n) is 2.99. The van der Waals surface area contributed by atoms with Crippen molar-refractivity contribution in [3.8, 4) is 5.75 Å². The molecule has 0 aliphatic rings. The molecule has 0 saturated heterocycles. The summed E-state index contributed by atoms with van der Waals surface area (Å²) in [5.41, 5.74) is -1.59. The van der Waals surface area contributed by atoms with E-state index < -0.39 is 23.0 Å². The Labute approximate surface area is 184 Å². The predicted octanol–water partition coefficient (Wildman–Crippen LogP) is 5.89. The number of alkyl halides is 2. The van der Waals surface area contributed by atoms with Crippen molar-refractivity contribution in [1.29, 1.82) is 0 Å². The molecule has 1 N–H and O–H groups in total. The summed E-state index contributed by atoms with van der Waals surface area (Å²) < 4.78 is 36.0. The Morgan fingerprint density at radius 2 is 2.07 bits per heavy atom. The highest BCUT2D eigenvalue weighted by molar-refractivity contribution is 9.10. The molecule has 0 unspecified atom stereocenters. The number of anilines is 1. The van der Waals surface area contributed by atoms with Crippen LogP contribution in [-0.2, 0) is 15.1 Å². The maximum absolute atomic E-state index is 13.0. The number of carbonyl (C=O) groups excluding carboxylic acids is 1. The van der Waals surface area contributed by atoms with Gasteiger partial charge in [0.2, 0.25) is 0 Å². The van der Waals surface area contributed by atoms with E-state index in [-0.39, 0.29) is 40.7 Å². The maximum Gasteiger partial charge on any atom is 0.387 e. The third kappa shape index (κ3) is 5.79. The first-order chi connectivity index (χ1) is 14.1. The summed E-state index contributed by atoms with van der Waals surface area (Å²) in [5.74, 6) is -0.848. The van der Waals surface area contributed by atoms with Crippen LogP contribution in [0.2, 0.25) is 5.02 Å². The highest BCUT2D eigenvalue weighted by atomic mass is 79.9. The maximum atomic E-state index is 13.0. The van der Waals surface area contributed by atoms with E-state index in [9.17, 15) is 23.7 Å². The highest BCUT2D eigenvalue weighted by Gasteiger charge is 2.37. The SMILES string of the molecule is CCOC(=O)C[C@](C)(Nc1cc(Cl)ccc1[N+](=O)[O-])c1c(Br)cccc1OC(F)F. The van der Waals surface area contributed by atoms with Crippen LogP contribution >= 0.6 is 27.5 Å². The molecule has 30 heavy (non-hydrogen) atoms. The van der Waals surface area contributed by atoms with E-state index in [0.29, 0.717) is 4.47 Å². The fraction of sp³-hybridized carbons (Fsp3) is 0.316. The van der Waals surface area contributed by atoms with Gasteiger partial charge in [-0.1, -0.05) is 33.6 Å². The van der Waals surface area contributed by atoms with Gasteiger partial charge in [0.1, 0.15) is 11.4 Å². The number of ether oxygens (including phenoxy) is 2. The molecule has 2 aromatic carbocycles. The second kappa shape index (κ2) is 10.0. The van der Waals surface area contributed by atoms with Crippen LogP contribution in [0.5, 0.6) is 5.75 Å². The van der Waals surface area contributed by atoms with Crippen molar-refractivity contribution in [3.63, 3.8) is 0 Å². The first kappa shape index (κ1) is 23.8. The summed E-state index contributed by atoms with van der Waals surface area (Å²) in [7, 11) is 0. The van der Waals surface area contributed by atoms with Gasteiger partial charge in [0, 0.05) is 21.1 Å². The lowest BCUT2D eigenvalue weighted by Gasteiger charge is -2.33. The largest absolute Gasteiger partial charge is 0.466 e. The number of nitro benzene ring substituents is 1. The summed E-state index contributed by atoms with van der Waals surface area (Å²) >= 11 is 9.30. The molecule has 0 aromatic heterocycles. The van der Waals surface area contributed by atoms with Crippen LogP contribution in [0.15, 0.2) is 40.9 Å². The third-order valence-corrected chi connectivity index (χ3v) is 5.01. The van der Waals surface area contributed by atoms with Crippen LogP contribution in [0.4, 0.5) is 20.2 Å². The standard InChI is InChI=1S/C19H18BrClF2N2O5/c1-3-29-16(26)10-19(2,17-12(20)5-4-6-15(17)30-18(22)23)24-13-9-11(21)7-8-14(13)25(27)28/h4-9,18,24H,3,10H2,1-2H3/t19-/m0/s1. The van der Waals surface area contributed by atoms with Crippen LogP contribution in [0, 0.1) is 10.1 Å². The van der Waals surface area contributed by atoms with E-state index in [1.807, 2.05) is 0 Å². The number of nitrogens with one attached hydrogen (secondary N) is 1. The van der Waals surface area contributed by atoms with Crippen LogP contribution in [0.1, 0.15) is 25.8 Å². The van der Waals surface area contributed by atoms with Crippen LogP contribution < -0.4 is 10.1 Å². The average Bonchev–Trinajstić information content (AvgIpc) is 2.60. The molecule has 0 aliphatic heterocycles. The molecule has 7 nitrogen and oxygen atoms in total. The number of hydrogen-bond acceptors (Lipinski definition) is 6. The molecule has 2 aromatic rings. The van der Waals surface area contributed by atoms with Gasteiger partial charge in [-0.15, -0.1) is 0 Å². The van der Waals surface area contributed by atoms with E-state index >= 15 is 0 Å². The Morgan fingerprint density at radius 3 is 2.67 bits per heavy atom. The molecule has 0 amide bonds. The molecule has 2 rings (SSSR count). The Bertz CT molecular complexity index is 947. The molecule has 162 valence electrons. The smallest absolute Gasteiger partial charge is 0.387 e. The molecule has 0 bridgehead atoms. The van der Waals surface area contributed by atoms with Crippen molar-refractivity contribution in [2.24, 2.45) is 0 Å². The molecule has 0 spiro atoms. The topological polar surface area (TPSA) is 90.7 Å². The minimum Gasteiger partial charge on any atom is -0.466 e. The van der Waals surface area contributed by atoms with Gasteiger partial charge in [-0.25, -0.2) is 0 Å². The van der Waals surface area contributed by atoms with Gasteiger partial charge in [-0.2, -0.15) is 8.78 Å². The summed E-state index contributed by atoms with van der Waals surface area (Å²) in [4.78, 5) is 23.2. The quantitative estimate of drug-likeness (QED) is 0.258. The van der Waals surface area contributed by atoms with Crippen molar-refractivity contribution in [2.75, 3.05) is 11.9 Å². The van der Waals surface area contributed by atoms with Crippen molar-refractivity contribution in [1.82, 2.24) is 0 Å². The molecular weight excluding hydrogens is 490 g/mol. The predicted molar refractivity (Wildman–Crippen MR) is 111 cm³/mol. The van der Waals surface area contributed by atoms with Gasteiger partial charge in [0.05, 0.1) is 23.5 Å². The van der Waals surface area contributed by atoms with Crippen molar-refractivity contribution in [3.05, 3.63) is 61.6 Å². The second-order valence-electron chi connectivity index (χ2n) is 6.35. The average molecular weight is 508 g/mol. The molecule has 0 fully saturated rings. The Morgan fingerprint density at radius 1 is 1.37 bits per heavy atom. The number of halogens is 4. The number of carbonyl (C=O) groups is 1. The Balaban J connectivity index is 2.66. The van der Waals surface area contributed by atoms with Crippen molar-refractivity contribution < 1.29 is 28.0 Å². The van der Waals surface area contributed by atoms with Crippen molar-refractivity contribution in [2.45, 2.75) is 32.4 Å². The van der Waals surface area contributed by atoms with E-state index in [1.54, 1.807) is 13.0 Å². The zero-order valence-electron chi connectivity index (χ0n) is 16.0. The number of hydrogen-bond donors (Lipinski definition) is 1. The molecular formula is C19H18BrClF2N2O5. The summed E-state index contributed by atoms with van der Waals surface area (Å²) in [6.45, 7) is 0.120. The first-order valence-electron chi connectivity index (χ1n) is 8.69. The number of nitrogens with zero attached hydrogens (tertiary/aromatic N) is 1. The Kier molecular flexibility index (Phi) is 7.96. The minimum atomic E-state index is -3.12. The normalized spacial score (nSPS) is 12.9. The molecule has 0 aliphatic carbocycles. The van der Waals surface area contributed by atoms with Crippen LogP contribution in [0.3, 0.4) is 0 Å².